The van der Waals surface area contributed by atoms with Crippen molar-refractivity contribution in [3.63, 3.8) is 0 Å². The molecule has 3 N–H and O–H groups in total. The van der Waals surface area contributed by atoms with Crippen molar-refractivity contribution in [1.29, 1.82) is 0 Å². The fraction of sp³-hybridized carbons (Fsp3) is 0.364. The van der Waals surface area contributed by atoms with Gasteiger partial charge in [-0.25, -0.2) is 0 Å². The lowest BCUT2D eigenvalue weighted by Gasteiger charge is -2.04. The number of carbonyl (C=O) groups excluding carboxylic acids is 1. The van der Waals surface area contributed by atoms with Crippen LogP contribution in [-0.2, 0) is 4.79 Å². The van der Waals surface area contributed by atoms with Gasteiger partial charge in [0.05, 0.1) is 0 Å². The Bertz CT molecular complexity index is 352. The highest BCUT2D eigenvalue weighted by molar-refractivity contribution is 9.10. The predicted octanol–water partition coefficient (Wildman–Crippen LogP) is 2.43. The highest BCUT2D eigenvalue weighted by Crippen LogP contribution is 2.27. The predicted molar refractivity (Wildman–Crippen MR) is 78.8 cm³/mol. The quantitative estimate of drug-likeness (QED) is 0.783. The molecule has 0 unspecified atom stereocenters. The Labute approximate surface area is 120 Å². The Morgan fingerprint density at radius 2 is 2.12 bits per heavy atom. The number of halogens is 2. The van der Waals surface area contributed by atoms with E-state index in [9.17, 15) is 4.79 Å². The van der Waals surface area contributed by atoms with E-state index >= 15 is 0 Å². The topological polar surface area (TPSA) is 55.1 Å². The molecule has 0 heterocycles. The first-order valence-electron chi connectivity index (χ1n) is 5.08. The Hall–Kier alpha value is -0.230. The van der Waals surface area contributed by atoms with E-state index in [0.29, 0.717) is 19.5 Å². The van der Waals surface area contributed by atoms with Gasteiger partial charge in [0.15, 0.2) is 0 Å². The normalized spacial score (nSPS) is 9.53. The van der Waals surface area contributed by atoms with Crippen LogP contribution in [-0.4, -0.2) is 24.7 Å². The van der Waals surface area contributed by atoms with Crippen LogP contribution in [0.2, 0.25) is 0 Å². The molecule has 0 fully saturated rings. The number of hydrogen-bond acceptors (Lipinski definition) is 3. The van der Waals surface area contributed by atoms with Crippen LogP contribution in [0.15, 0.2) is 33.6 Å². The van der Waals surface area contributed by atoms with Gasteiger partial charge in [-0.3, -0.25) is 4.79 Å². The third-order valence-corrected chi connectivity index (χ3v) is 3.92. The molecule has 0 saturated heterocycles. The minimum atomic E-state index is 0. The average molecular weight is 340 g/mol. The number of carbonyl (C=O) groups is 1. The first-order chi connectivity index (χ1) is 7.74. The van der Waals surface area contributed by atoms with Crippen molar-refractivity contribution < 1.29 is 4.79 Å². The van der Waals surface area contributed by atoms with Gasteiger partial charge < -0.3 is 11.1 Å². The van der Waals surface area contributed by atoms with Crippen LogP contribution in [0.25, 0.3) is 0 Å². The first-order valence-corrected chi connectivity index (χ1v) is 6.86. The lowest BCUT2D eigenvalue weighted by atomic mass is 10.4. The number of hydrogen-bond donors (Lipinski definition) is 2. The van der Waals surface area contributed by atoms with Crippen LogP contribution in [0.5, 0.6) is 0 Å². The van der Waals surface area contributed by atoms with Crippen LogP contribution in [0.1, 0.15) is 6.42 Å². The summed E-state index contributed by atoms with van der Waals surface area (Å²) < 4.78 is 1.07. The summed E-state index contributed by atoms with van der Waals surface area (Å²) in [5.41, 5.74) is 5.29. The highest BCUT2D eigenvalue weighted by Gasteiger charge is 2.02. The third kappa shape index (κ3) is 6.93. The van der Waals surface area contributed by atoms with Gasteiger partial charge in [-0.1, -0.05) is 12.1 Å². The number of benzene rings is 1. The van der Waals surface area contributed by atoms with E-state index < -0.39 is 0 Å². The first kappa shape index (κ1) is 16.8. The van der Waals surface area contributed by atoms with Gasteiger partial charge in [-0.2, -0.15) is 0 Å². The van der Waals surface area contributed by atoms with Gasteiger partial charge in [-0.05, 0) is 28.1 Å². The molecule has 0 spiro atoms. The van der Waals surface area contributed by atoms with Crippen molar-refractivity contribution in [2.75, 3.05) is 18.8 Å². The fourth-order valence-corrected chi connectivity index (χ4v) is 2.63. The summed E-state index contributed by atoms with van der Waals surface area (Å²) in [5, 5.41) is 2.74. The molecule has 0 atom stereocenters. The highest BCUT2D eigenvalue weighted by atomic mass is 79.9. The molecule has 1 aromatic rings. The van der Waals surface area contributed by atoms with E-state index in [2.05, 4.69) is 21.2 Å². The van der Waals surface area contributed by atoms with Gasteiger partial charge in [-0.15, -0.1) is 24.2 Å². The molecule has 0 aliphatic rings. The molecule has 1 rings (SSSR count). The van der Waals surface area contributed by atoms with Gasteiger partial charge in [0.1, 0.15) is 0 Å². The molecular formula is C11H16BrClN2OS. The van der Waals surface area contributed by atoms with Gasteiger partial charge in [0.25, 0.3) is 0 Å². The molecule has 6 heteroatoms. The van der Waals surface area contributed by atoms with E-state index in [1.54, 1.807) is 11.8 Å². The molecule has 0 aliphatic heterocycles. The summed E-state index contributed by atoms with van der Waals surface area (Å²) in [5.74, 6) is 0.837. The van der Waals surface area contributed by atoms with Crippen LogP contribution in [0.3, 0.4) is 0 Å². The molecule has 0 bridgehead atoms. The lowest BCUT2D eigenvalue weighted by molar-refractivity contribution is -0.120. The Kier molecular flexibility index (Phi) is 9.63. The molecule has 1 aromatic carbocycles. The Morgan fingerprint density at radius 3 is 2.76 bits per heavy atom. The second-order valence-corrected chi connectivity index (χ2v) is 5.16. The fourth-order valence-electron chi connectivity index (χ4n) is 1.12. The molecule has 1 amide bonds. The van der Waals surface area contributed by atoms with Gasteiger partial charge in [0.2, 0.25) is 5.91 Å². The van der Waals surface area contributed by atoms with Crippen LogP contribution in [0.4, 0.5) is 0 Å². The number of nitrogens with two attached hydrogens (primary N) is 1. The number of rotatable bonds is 6. The average Bonchev–Trinajstić information content (AvgIpc) is 2.29. The summed E-state index contributed by atoms with van der Waals surface area (Å²) in [4.78, 5) is 12.4. The standard InChI is InChI=1S/C11H15BrN2OS.ClH/c12-9-3-1-2-4-10(9)16-8-5-11(15)14-7-6-13;/h1-4H,5-8,13H2,(H,14,15);1H. The zero-order chi connectivity index (χ0) is 11.8. The maximum absolute atomic E-state index is 11.3. The molecular weight excluding hydrogens is 324 g/mol. The second kappa shape index (κ2) is 9.76. The lowest BCUT2D eigenvalue weighted by Crippen LogP contribution is -2.29. The van der Waals surface area contributed by atoms with Gasteiger partial charge in [0, 0.05) is 34.6 Å². The van der Waals surface area contributed by atoms with E-state index in [4.69, 9.17) is 5.73 Å². The smallest absolute Gasteiger partial charge is 0.220 e. The molecule has 17 heavy (non-hydrogen) atoms. The molecule has 0 saturated carbocycles. The Morgan fingerprint density at radius 1 is 1.41 bits per heavy atom. The SMILES string of the molecule is Cl.NCCNC(=O)CCSc1ccccc1Br. The van der Waals surface area contributed by atoms with Crippen molar-refractivity contribution in [2.24, 2.45) is 5.73 Å². The monoisotopic (exact) mass is 338 g/mol. The maximum Gasteiger partial charge on any atom is 0.220 e. The third-order valence-electron chi connectivity index (χ3n) is 1.89. The minimum absolute atomic E-state index is 0. The van der Waals surface area contributed by atoms with E-state index in [-0.39, 0.29) is 18.3 Å². The molecule has 0 aliphatic carbocycles. The van der Waals surface area contributed by atoms with Crippen molar-refractivity contribution >= 4 is 46.0 Å². The van der Waals surface area contributed by atoms with Crippen molar-refractivity contribution in [3.8, 4) is 0 Å². The van der Waals surface area contributed by atoms with Crippen molar-refractivity contribution in [3.05, 3.63) is 28.7 Å². The number of amides is 1. The van der Waals surface area contributed by atoms with E-state index in [1.165, 1.54) is 0 Å². The summed E-state index contributed by atoms with van der Waals surface area (Å²) in [7, 11) is 0. The van der Waals surface area contributed by atoms with Crippen LogP contribution < -0.4 is 11.1 Å². The maximum atomic E-state index is 11.3. The summed E-state index contributed by atoms with van der Waals surface area (Å²) in [6.45, 7) is 1.04. The van der Waals surface area contributed by atoms with Crippen LogP contribution in [0, 0.1) is 0 Å². The molecule has 3 nitrogen and oxygen atoms in total. The zero-order valence-electron chi connectivity index (χ0n) is 9.32. The zero-order valence-corrected chi connectivity index (χ0v) is 12.5. The minimum Gasteiger partial charge on any atom is -0.355 e. The van der Waals surface area contributed by atoms with Crippen molar-refractivity contribution in [2.45, 2.75) is 11.3 Å². The summed E-state index contributed by atoms with van der Waals surface area (Å²) >= 11 is 5.14. The van der Waals surface area contributed by atoms with E-state index in [1.807, 2.05) is 24.3 Å². The van der Waals surface area contributed by atoms with Crippen molar-refractivity contribution in [1.82, 2.24) is 5.32 Å². The Balaban J connectivity index is 0.00000256. The van der Waals surface area contributed by atoms with Crippen LogP contribution >= 0.6 is 40.1 Å². The second-order valence-electron chi connectivity index (χ2n) is 3.17. The molecule has 0 radical (unpaired) electrons. The van der Waals surface area contributed by atoms with Gasteiger partial charge >= 0.3 is 0 Å². The van der Waals surface area contributed by atoms with E-state index in [0.717, 1.165) is 15.1 Å². The largest absolute Gasteiger partial charge is 0.355 e. The molecule has 0 aromatic heterocycles. The summed E-state index contributed by atoms with van der Waals surface area (Å²) in [6.07, 6.45) is 0.520. The summed E-state index contributed by atoms with van der Waals surface area (Å²) in [6, 6.07) is 7.99. The number of thioether (sulfide) groups is 1. The molecule has 96 valence electrons. The number of nitrogens with one attached hydrogen (secondary N) is 1.